The SMILES string of the molecule is Cc1sc(Br)cc1S(=O)(=O)NCC1(C)CCCC1. The van der Waals surface area contributed by atoms with E-state index in [1.54, 1.807) is 6.07 Å². The topological polar surface area (TPSA) is 46.2 Å². The molecule has 0 radical (unpaired) electrons. The van der Waals surface area contributed by atoms with Crippen molar-refractivity contribution in [2.24, 2.45) is 5.41 Å². The lowest BCUT2D eigenvalue weighted by molar-refractivity contribution is 0.336. The van der Waals surface area contributed by atoms with Gasteiger partial charge in [0.2, 0.25) is 10.0 Å². The van der Waals surface area contributed by atoms with Crippen molar-refractivity contribution in [2.75, 3.05) is 6.54 Å². The van der Waals surface area contributed by atoms with Crippen LogP contribution in [-0.2, 0) is 10.0 Å². The van der Waals surface area contributed by atoms with Crippen LogP contribution in [0.4, 0.5) is 0 Å². The second-order valence-corrected chi connectivity index (χ2v) is 9.68. The Labute approximate surface area is 121 Å². The lowest BCUT2D eigenvalue weighted by Crippen LogP contribution is -2.34. The Balaban J connectivity index is 2.10. The summed E-state index contributed by atoms with van der Waals surface area (Å²) in [5.74, 6) is 0. The number of aryl methyl sites for hydroxylation is 1. The first-order chi connectivity index (χ1) is 8.32. The molecule has 1 N–H and O–H groups in total. The predicted molar refractivity (Wildman–Crippen MR) is 78.5 cm³/mol. The van der Waals surface area contributed by atoms with Crippen LogP contribution in [0, 0.1) is 12.3 Å². The van der Waals surface area contributed by atoms with Crippen LogP contribution < -0.4 is 4.72 Å². The minimum absolute atomic E-state index is 0.133. The Bertz CT molecular complexity index is 530. The third-order valence-corrected chi connectivity index (χ3v) is 6.84. The lowest BCUT2D eigenvalue weighted by atomic mass is 9.89. The number of nitrogens with one attached hydrogen (secondary N) is 1. The average Bonchev–Trinajstić information content (AvgIpc) is 2.84. The summed E-state index contributed by atoms with van der Waals surface area (Å²) in [7, 11) is -3.37. The first-order valence-corrected chi connectivity index (χ1v) is 9.17. The van der Waals surface area contributed by atoms with Crippen molar-refractivity contribution < 1.29 is 8.42 Å². The summed E-state index contributed by atoms with van der Waals surface area (Å²) in [6.45, 7) is 4.54. The Hall–Kier alpha value is 0.0900. The highest BCUT2D eigenvalue weighted by Crippen LogP contribution is 2.37. The predicted octanol–water partition coefficient (Wildman–Crippen LogP) is 3.68. The molecule has 1 fully saturated rings. The smallest absolute Gasteiger partial charge is 0.211 e. The number of hydrogen-bond acceptors (Lipinski definition) is 3. The van der Waals surface area contributed by atoms with Crippen molar-refractivity contribution in [1.29, 1.82) is 0 Å². The third-order valence-electron chi connectivity index (χ3n) is 3.63. The molecule has 2 rings (SSSR count). The van der Waals surface area contributed by atoms with Crippen LogP contribution in [0.1, 0.15) is 37.5 Å². The zero-order valence-corrected chi connectivity index (χ0v) is 13.8. The fourth-order valence-electron chi connectivity index (χ4n) is 2.45. The Kier molecular flexibility index (Phi) is 4.21. The molecule has 0 aromatic carbocycles. The maximum absolute atomic E-state index is 12.2. The molecule has 1 heterocycles. The molecule has 102 valence electrons. The van der Waals surface area contributed by atoms with Crippen LogP contribution in [0.3, 0.4) is 0 Å². The van der Waals surface area contributed by atoms with Gasteiger partial charge in [0, 0.05) is 11.4 Å². The van der Waals surface area contributed by atoms with E-state index in [-0.39, 0.29) is 5.41 Å². The highest BCUT2D eigenvalue weighted by Gasteiger charge is 2.30. The molecule has 1 aliphatic carbocycles. The van der Waals surface area contributed by atoms with E-state index in [0.717, 1.165) is 21.5 Å². The van der Waals surface area contributed by atoms with Crippen LogP contribution in [0.25, 0.3) is 0 Å². The van der Waals surface area contributed by atoms with E-state index >= 15 is 0 Å². The van der Waals surface area contributed by atoms with Crippen molar-refractivity contribution in [3.8, 4) is 0 Å². The molecule has 18 heavy (non-hydrogen) atoms. The number of hydrogen-bond donors (Lipinski definition) is 1. The van der Waals surface area contributed by atoms with Gasteiger partial charge in [-0.05, 0) is 47.2 Å². The Morgan fingerprint density at radius 2 is 2.06 bits per heavy atom. The molecular weight excluding hydrogens is 334 g/mol. The Morgan fingerprint density at radius 3 is 2.56 bits per heavy atom. The third kappa shape index (κ3) is 3.15. The molecule has 1 aromatic heterocycles. The monoisotopic (exact) mass is 351 g/mol. The fraction of sp³-hybridized carbons (Fsp3) is 0.667. The maximum atomic E-state index is 12.2. The van der Waals surface area contributed by atoms with Crippen LogP contribution in [-0.4, -0.2) is 15.0 Å². The van der Waals surface area contributed by atoms with E-state index in [2.05, 4.69) is 27.6 Å². The lowest BCUT2D eigenvalue weighted by Gasteiger charge is -2.23. The summed E-state index contributed by atoms with van der Waals surface area (Å²) in [5.41, 5.74) is 0.133. The summed E-state index contributed by atoms with van der Waals surface area (Å²) in [6, 6.07) is 1.68. The van der Waals surface area contributed by atoms with Gasteiger partial charge in [-0.1, -0.05) is 19.8 Å². The van der Waals surface area contributed by atoms with Gasteiger partial charge >= 0.3 is 0 Å². The summed E-state index contributed by atoms with van der Waals surface area (Å²) in [5, 5.41) is 0. The molecule has 0 amide bonds. The molecule has 0 atom stereocenters. The van der Waals surface area contributed by atoms with Crippen LogP contribution in [0.5, 0.6) is 0 Å². The first kappa shape index (κ1) is 14.5. The van der Waals surface area contributed by atoms with E-state index in [9.17, 15) is 8.42 Å². The molecule has 6 heteroatoms. The van der Waals surface area contributed by atoms with Gasteiger partial charge in [0.05, 0.1) is 8.68 Å². The standard InChI is InChI=1S/C12H18BrNO2S2/c1-9-10(7-11(13)17-9)18(15,16)14-8-12(2)5-3-4-6-12/h7,14H,3-6,8H2,1-2H3. The van der Waals surface area contributed by atoms with Gasteiger partial charge in [0.15, 0.2) is 0 Å². The van der Waals surface area contributed by atoms with Crippen LogP contribution in [0.2, 0.25) is 0 Å². The van der Waals surface area contributed by atoms with E-state index < -0.39 is 10.0 Å². The second-order valence-electron chi connectivity index (χ2n) is 5.31. The molecule has 0 spiro atoms. The van der Waals surface area contributed by atoms with Gasteiger partial charge < -0.3 is 0 Å². The highest BCUT2D eigenvalue weighted by atomic mass is 79.9. The summed E-state index contributed by atoms with van der Waals surface area (Å²) in [4.78, 5) is 1.23. The molecule has 0 unspecified atom stereocenters. The van der Waals surface area contributed by atoms with Crippen molar-refractivity contribution in [2.45, 2.75) is 44.4 Å². The van der Waals surface area contributed by atoms with Gasteiger partial charge in [0.1, 0.15) is 0 Å². The summed E-state index contributed by atoms with van der Waals surface area (Å²) in [6.07, 6.45) is 4.65. The quantitative estimate of drug-likeness (QED) is 0.899. The molecule has 1 aromatic rings. The fourth-order valence-corrected chi connectivity index (χ4v) is 6.06. The van der Waals surface area contributed by atoms with Gasteiger partial charge in [-0.15, -0.1) is 11.3 Å². The van der Waals surface area contributed by atoms with E-state index in [0.29, 0.717) is 11.4 Å². The zero-order chi connectivity index (χ0) is 13.4. The van der Waals surface area contributed by atoms with Crippen molar-refractivity contribution in [1.82, 2.24) is 4.72 Å². The summed E-state index contributed by atoms with van der Waals surface area (Å²) >= 11 is 4.78. The minimum Gasteiger partial charge on any atom is -0.211 e. The molecule has 3 nitrogen and oxygen atoms in total. The van der Waals surface area contributed by atoms with Crippen molar-refractivity contribution >= 4 is 37.3 Å². The normalized spacial score (nSPS) is 19.3. The first-order valence-electron chi connectivity index (χ1n) is 6.08. The van der Waals surface area contributed by atoms with E-state index in [4.69, 9.17) is 0 Å². The van der Waals surface area contributed by atoms with E-state index in [1.807, 2.05) is 6.92 Å². The molecular formula is C12H18BrNO2S2. The van der Waals surface area contributed by atoms with Gasteiger partial charge in [-0.3, -0.25) is 0 Å². The van der Waals surface area contributed by atoms with Gasteiger partial charge in [-0.25, -0.2) is 13.1 Å². The molecule has 0 saturated heterocycles. The molecule has 0 aliphatic heterocycles. The zero-order valence-electron chi connectivity index (χ0n) is 10.6. The number of thiophene rings is 1. The number of rotatable bonds is 4. The molecule has 1 saturated carbocycles. The number of halogens is 1. The summed E-state index contributed by atoms with van der Waals surface area (Å²) < 4.78 is 28.1. The largest absolute Gasteiger partial charge is 0.241 e. The second kappa shape index (κ2) is 5.23. The van der Waals surface area contributed by atoms with Crippen LogP contribution >= 0.6 is 27.3 Å². The van der Waals surface area contributed by atoms with Gasteiger partial charge in [0.25, 0.3) is 0 Å². The van der Waals surface area contributed by atoms with Crippen LogP contribution in [0.15, 0.2) is 14.7 Å². The molecule has 0 bridgehead atoms. The van der Waals surface area contributed by atoms with Crippen molar-refractivity contribution in [3.05, 3.63) is 14.7 Å². The van der Waals surface area contributed by atoms with Crippen molar-refractivity contribution in [3.63, 3.8) is 0 Å². The minimum atomic E-state index is -3.37. The molecule has 1 aliphatic rings. The van der Waals surface area contributed by atoms with E-state index in [1.165, 1.54) is 24.2 Å². The average molecular weight is 352 g/mol. The van der Waals surface area contributed by atoms with Gasteiger partial charge in [-0.2, -0.15) is 0 Å². The Morgan fingerprint density at radius 1 is 1.44 bits per heavy atom. The number of sulfonamides is 1. The highest BCUT2D eigenvalue weighted by molar-refractivity contribution is 9.11. The maximum Gasteiger partial charge on any atom is 0.241 e.